The molecule has 2 N–H and O–H groups in total. The van der Waals surface area contributed by atoms with Crippen molar-refractivity contribution in [3.05, 3.63) is 30.1 Å². The number of anilines is 1. The van der Waals surface area contributed by atoms with Crippen molar-refractivity contribution in [2.75, 3.05) is 5.32 Å². The summed E-state index contributed by atoms with van der Waals surface area (Å²) in [4.78, 5) is 11.8. The number of benzene rings is 1. The van der Waals surface area contributed by atoms with E-state index in [4.69, 9.17) is 12.2 Å². The zero-order chi connectivity index (χ0) is 13.7. The van der Waals surface area contributed by atoms with Crippen LogP contribution in [0.5, 0.6) is 0 Å². The number of thiocarbonyl (C=S) groups is 1. The number of rotatable bonds is 3. The highest BCUT2D eigenvalue weighted by Gasteiger charge is 2.18. The minimum atomic E-state index is -0.394. The number of amides is 1. The highest BCUT2D eigenvalue weighted by Crippen LogP contribution is 2.27. The summed E-state index contributed by atoms with van der Waals surface area (Å²) >= 11 is 5.00. The predicted octanol–water partition coefficient (Wildman–Crippen LogP) is 3.22. The fourth-order valence-corrected chi connectivity index (χ4v) is 2.59. The van der Waals surface area contributed by atoms with Gasteiger partial charge in [-0.2, -0.15) is 0 Å². The Bertz CT molecular complexity index is 472. The molecule has 0 heterocycles. The summed E-state index contributed by atoms with van der Waals surface area (Å²) in [5.74, 6) is -0.0214. The topological polar surface area (TPSA) is 41.1 Å². The van der Waals surface area contributed by atoms with E-state index < -0.39 is 5.82 Å². The van der Waals surface area contributed by atoms with Crippen molar-refractivity contribution in [2.24, 2.45) is 5.92 Å². The molecule has 2 rings (SSSR count). The van der Waals surface area contributed by atoms with Crippen LogP contribution < -0.4 is 10.6 Å². The molecule has 1 amide bonds. The van der Waals surface area contributed by atoms with Gasteiger partial charge in [0.15, 0.2) is 5.11 Å². The van der Waals surface area contributed by atoms with Gasteiger partial charge in [-0.3, -0.25) is 4.79 Å². The lowest BCUT2D eigenvalue weighted by Gasteiger charge is -2.12. The highest BCUT2D eigenvalue weighted by molar-refractivity contribution is 7.80. The summed E-state index contributed by atoms with van der Waals surface area (Å²) in [6.07, 6.45) is 5.13. The van der Waals surface area contributed by atoms with E-state index in [9.17, 15) is 9.18 Å². The van der Waals surface area contributed by atoms with Crippen molar-refractivity contribution in [1.82, 2.24) is 5.32 Å². The van der Waals surface area contributed by atoms with Gasteiger partial charge < -0.3 is 10.6 Å². The van der Waals surface area contributed by atoms with Gasteiger partial charge in [0.1, 0.15) is 5.82 Å². The summed E-state index contributed by atoms with van der Waals surface area (Å²) in [5.41, 5.74) is 0.272. The van der Waals surface area contributed by atoms with Crippen LogP contribution in [0, 0.1) is 11.7 Å². The lowest BCUT2D eigenvalue weighted by atomic mass is 10.0. The molecule has 1 saturated carbocycles. The van der Waals surface area contributed by atoms with Crippen LogP contribution >= 0.6 is 12.2 Å². The predicted molar refractivity (Wildman–Crippen MR) is 77.3 cm³/mol. The van der Waals surface area contributed by atoms with Crippen molar-refractivity contribution in [1.29, 1.82) is 0 Å². The van der Waals surface area contributed by atoms with E-state index in [-0.39, 0.29) is 16.7 Å². The normalized spacial score (nSPS) is 15.2. The summed E-state index contributed by atoms with van der Waals surface area (Å²) in [6, 6.07) is 6.21. The number of carbonyl (C=O) groups excluding carboxylic acids is 1. The van der Waals surface area contributed by atoms with Crippen LogP contribution in [0.4, 0.5) is 10.1 Å². The van der Waals surface area contributed by atoms with E-state index in [2.05, 4.69) is 10.6 Å². The summed E-state index contributed by atoms with van der Waals surface area (Å²) in [5, 5.41) is 5.43. The quantitative estimate of drug-likeness (QED) is 0.835. The molecule has 0 bridgehead atoms. The van der Waals surface area contributed by atoms with Crippen molar-refractivity contribution in [2.45, 2.75) is 32.1 Å². The van der Waals surface area contributed by atoms with Gasteiger partial charge in [-0.25, -0.2) is 4.39 Å². The molecule has 0 atom stereocenters. The second kappa shape index (κ2) is 6.61. The Labute approximate surface area is 117 Å². The van der Waals surface area contributed by atoms with Crippen LogP contribution in [0.1, 0.15) is 32.1 Å². The number of halogens is 1. The number of hydrogen-bond acceptors (Lipinski definition) is 2. The Morgan fingerprint density at radius 3 is 2.68 bits per heavy atom. The van der Waals surface area contributed by atoms with E-state index in [1.807, 2.05) is 0 Å². The smallest absolute Gasteiger partial charge is 0.226 e. The zero-order valence-electron chi connectivity index (χ0n) is 10.6. The Hall–Kier alpha value is -1.49. The van der Waals surface area contributed by atoms with E-state index >= 15 is 0 Å². The van der Waals surface area contributed by atoms with Gasteiger partial charge in [0.2, 0.25) is 5.91 Å². The molecule has 0 aromatic heterocycles. The van der Waals surface area contributed by atoms with Crippen LogP contribution in [0.3, 0.4) is 0 Å². The number of carbonyl (C=O) groups is 1. The molecule has 0 aliphatic heterocycles. The highest BCUT2D eigenvalue weighted by atomic mass is 32.1. The summed E-state index contributed by atoms with van der Waals surface area (Å²) in [6.45, 7) is 0. The fourth-order valence-electron chi connectivity index (χ4n) is 2.37. The van der Waals surface area contributed by atoms with E-state index in [1.54, 1.807) is 18.2 Å². The van der Waals surface area contributed by atoms with Gasteiger partial charge in [0.25, 0.3) is 0 Å². The molecule has 1 aromatic rings. The number of para-hydroxylation sites is 1. The molecule has 102 valence electrons. The molecular formula is C14H17FN2OS. The summed E-state index contributed by atoms with van der Waals surface area (Å²) < 4.78 is 13.4. The minimum Gasteiger partial charge on any atom is -0.330 e. The average Bonchev–Trinajstić information content (AvgIpc) is 2.84. The zero-order valence-corrected chi connectivity index (χ0v) is 11.4. The molecule has 1 fully saturated rings. The largest absolute Gasteiger partial charge is 0.330 e. The number of nitrogens with one attached hydrogen (secondary N) is 2. The molecule has 1 aromatic carbocycles. The van der Waals surface area contributed by atoms with Gasteiger partial charge in [0.05, 0.1) is 5.69 Å². The van der Waals surface area contributed by atoms with Gasteiger partial charge in [-0.05, 0) is 43.1 Å². The first-order valence-corrected chi connectivity index (χ1v) is 6.91. The Morgan fingerprint density at radius 2 is 2.00 bits per heavy atom. The van der Waals surface area contributed by atoms with Crippen LogP contribution in [0.15, 0.2) is 24.3 Å². The maximum atomic E-state index is 13.4. The van der Waals surface area contributed by atoms with Crippen molar-refractivity contribution in [3.8, 4) is 0 Å². The first-order chi connectivity index (χ1) is 9.15. The second-order valence-corrected chi connectivity index (χ2v) is 5.25. The second-order valence-electron chi connectivity index (χ2n) is 4.84. The molecule has 19 heavy (non-hydrogen) atoms. The van der Waals surface area contributed by atoms with E-state index in [1.165, 1.54) is 18.9 Å². The summed E-state index contributed by atoms with van der Waals surface area (Å²) in [7, 11) is 0. The molecule has 0 spiro atoms. The van der Waals surface area contributed by atoms with Crippen LogP contribution in [-0.4, -0.2) is 11.0 Å². The third-order valence-corrected chi connectivity index (χ3v) is 3.53. The van der Waals surface area contributed by atoms with Crippen LogP contribution in [-0.2, 0) is 4.79 Å². The first kappa shape index (κ1) is 13.9. The van der Waals surface area contributed by atoms with Crippen molar-refractivity contribution >= 4 is 28.9 Å². The molecule has 0 radical (unpaired) electrons. The van der Waals surface area contributed by atoms with Gasteiger partial charge in [-0.15, -0.1) is 0 Å². The number of hydrogen-bond donors (Lipinski definition) is 2. The standard InChI is InChI=1S/C14H17FN2OS/c15-11-7-3-4-8-12(11)16-14(19)17-13(18)9-10-5-1-2-6-10/h3-4,7-8,10H,1-2,5-6,9H2,(H2,16,17,18,19). The maximum Gasteiger partial charge on any atom is 0.226 e. The van der Waals surface area contributed by atoms with Crippen molar-refractivity contribution in [3.63, 3.8) is 0 Å². The molecule has 1 aliphatic rings. The van der Waals surface area contributed by atoms with Crippen LogP contribution in [0.25, 0.3) is 0 Å². The fraction of sp³-hybridized carbons (Fsp3) is 0.429. The van der Waals surface area contributed by atoms with Gasteiger partial charge >= 0.3 is 0 Å². The molecule has 5 heteroatoms. The first-order valence-electron chi connectivity index (χ1n) is 6.50. The Kier molecular flexibility index (Phi) is 4.85. The lowest BCUT2D eigenvalue weighted by Crippen LogP contribution is -2.35. The molecule has 3 nitrogen and oxygen atoms in total. The van der Waals surface area contributed by atoms with E-state index in [0.717, 1.165) is 12.8 Å². The van der Waals surface area contributed by atoms with Crippen molar-refractivity contribution < 1.29 is 9.18 Å². The Balaban J connectivity index is 1.80. The minimum absolute atomic E-state index is 0.0965. The molecule has 0 unspecified atom stereocenters. The molecule has 0 saturated heterocycles. The molecular weight excluding hydrogens is 263 g/mol. The van der Waals surface area contributed by atoms with Gasteiger partial charge in [-0.1, -0.05) is 25.0 Å². The van der Waals surface area contributed by atoms with Gasteiger partial charge in [0, 0.05) is 6.42 Å². The molecule has 1 aliphatic carbocycles. The van der Waals surface area contributed by atoms with Crippen LogP contribution in [0.2, 0.25) is 0 Å². The van der Waals surface area contributed by atoms with E-state index in [0.29, 0.717) is 12.3 Å². The average molecular weight is 280 g/mol. The maximum absolute atomic E-state index is 13.4. The Morgan fingerprint density at radius 1 is 1.32 bits per heavy atom. The third kappa shape index (κ3) is 4.28. The monoisotopic (exact) mass is 280 g/mol. The lowest BCUT2D eigenvalue weighted by molar-refractivity contribution is -0.120. The third-order valence-electron chi connectivity index (χ3n) is 3.32. The SMILES string of the molecule is O=C(CC1CCCC1)NC(=S)Nc1ccccc1F.